The number of hydrogen-bond acceptors (Lipinski definition) is 1. The normalized spacial score (nSPS) is 9.62. The third-order valence-electron chi connectivity index (χ3n) is 1.97. The summed E-state index contributed by atoms with van der Waals surface area (Å²) in [5.74, 6) is 0.104. The highest BCUT2D eigenvalue weighted by atomic mass is 16.1. The average Bonchev–Trinajstić information content (AvgIpc) is 2.47. The summed E-state index contributed by atoms with van der Waals surface area (Å²) in [6, 6.07) is 7.79. The maximum absolute atomic E-state index is 11.1. The van der Waals surface area contributed by atoms with Gasteiger partial charge in [0.05, 0.1) is 0 Å². The fraction of sp³-hybridized carbons (Fsp3) is 0.182. The summed E-state index contributed by atoms with van der Waals surface area (Å²) in [6.07, 6.45) is 1.76. The molecular weight excluding hydrogens is 162 g/mol. The third kappa shape index (κ3) is 1.47. The summed E-state index contributed by atoms with van der Waals surface area (Å²) < 4.78 is 0. The Morgan fingerprint density at radius 3 is 2.69 bits per heavy atom. The van der Waals surface area contributed by atoms with E-state index in [1.54, 1.807) is 13.1 Å². The summed E-state index contributed by atoms with van der Waals surface area (Å²) in [7, 11) is 0. The van der Waals surface area contributed by atoms with Gasteiger partial charge in [0, 0.05) is 22.7 Å². The molecule has 1 heterocycles. The standard InChI is InChI=1S/C10H9NO.CH4/c1-7(12)9-6-11-10-5-3-2-4-8(9)10;/h2-6,11H,1H3;1H4. The predicted molar refractivity (Wildman–Crippen MR) is 55.0 cm³/mol. The van der Waals surface area contributed by atoms with Crippen molar-refractivity contribution in [1.29, 1.82) is 0 Å². The van der Waals surface area contributed by atoms with Crippen molar-refractivity contribution in [2.24, 2.45) is 0 Å². The van der Waals surface area contributed by atoms with Gasteiger partial charge in [-0.1, -0.05) is 25.6 Å². The van der Waals surface area contributed by atoms with E-state index < -0.39 is 0 Å². The van der Waals surface area contributed by atoms with Crippen molar-refractivity contribution >= 4 is 16.7 Å². The molecule has 0 aliphatic carbocycles. The minimum absolute atomic E-state index is 0. The molecule has 0 amide bonds. The number of aromatic nitrogens is 1. The molecule has 0 aliphatic rings. The number of fused-ring (bicyclic) bond motifs is 1. The second-order valence-corrected chi connectivity index (χ2v) is 2.80. The molecule has 0 radical (unpaired) electrons. The van der Waals surface area contributed by atoms with Crippen molar-refractivity contribution in [3.8, 4) is 0 Å². The molecule has 2 nitrogen and oxygen atoms in total. The number of aromatic amines is 1. The summed E-state index contributed by atoms with van der Waals surface area (Å²) in [5, 5.41) is 1.00. The van der Waals surface area contributed by atoms with Crippen LogP contribution in [0.2, 0.25) is 0 Å². The number of ketones is 1. The number of benzene rings is 1. The summed E-state index contributed by atoms with van der Waals surface area (Å²) >= 11 is 0. The molecular formula is C11H13NO. The van der Waals surface area contributed by atoms with Crippen LogP contribution in [0.3, 0.4) is 0 Å². The van der Waals surface area contributed by atoms with Gasteiger partial charge in [-0.2, -0.15) is 0 Å². The first kappa shape index (κ1) is 9.52. The fourth-order valence-electron chi connectivity index (χ4n) is 1.36. The first-order chi connectivity index (χ1) is 5.79. The number of Topliss-reactive ketones (excluding diaryl/α,β-unsaturated/α-hetero) is 1. The van der Waals surface area contributed by atoms with E-state index in [2.05, 4.69) is 4.98 Å². The molecule has 1 N–H and O–H groups in total. The SMILES string of the molecule is C.CC(=O)c1c[nH]c2ccccc12. The van der Waals surface area contributed by atoms with Crippen LogP contribution in [0.25, 0.3) is 10.9 Å². The lowest BCUT2D eigenvalue weighted by atomic mass is 10.1. The van der Waals surface area contributed by atoms with Crippen LogP contribution in [0.1, 0.15) is 24.7 Å². The zero-order valence-corrected chi connectivity index (χ0v) is 6.79. The minimum atomic E-state index is 0. The zero-order valence-electron chi connectivity index (χ0n) is 6.79. The van der Waals surface area contributed by atoms with Crippen molar-refractivity contribution in [1.82, 2.24) is 4.98 Å². The number of H-pyrrole nitrogens is 1. The number of carbonyl (C=O) groups is 1. The molecule has 0 fully saturated rings. The monoisotopic (exact) mass is 175 g/mol. The van der Waals surface area contributed by atoms with Crippen LogP contribution >= 0.6 is 0 Å². The Hall–Kier alpha value is -1.57. The second-order valence-electron chi connectivity index (χ2n) is 2.80. The molecule has 1 aromatic carbocycles. The molecule has 0 saturated carbocycles. The largest absolute Gasteiger partial charge is 0.360 e. The molecule has 0 aliphatic heterocycles. The lowest BCUT2D eigenvalue weighted by molar-refractivity contribution is 0.101. The third-order valence-corrected chi connectivity index (χ3v) is 1.97. The Morgan fingerprint density at radius 1 is 1.31 bits per heavy atom. The highest BCUT2D eigenvalue weighted by molar-refractivity contribution is 6.06. The molecule has 2 aromatic rings. The van der Waals surface area contributed by atoms with Gasteiger partial charge >= 0.3 is 0 Å². The summed E-state index contributed by atoms with van der Waals surface area (Å²) in [6.45, 7) is 1.58. The first-order valence-corrected chi connectivity index (χ1v) is 3.86. The topological polar surface area (TPSA) is 32.9 Å². The van der Waals surface area contributed by atoms with Crippen LogP contribution in [0.4, 0.5) is 0 Å². The quantitative estimate of drug-likeness (QED) is 0.664. The molecule has 0 bridgehead atoms. The van der Waals surface area contributed by atoms with Gasteiger partial charge in [-0.15, -0.1) is 0 Å². The van der Waals surface area contributed by atoms with Gasteiger partial charge in [-0.05, 0) is 13.0 Å². The number of para-hydroxylation sites is 1. The maximum Gasteiger partial charge on any atom is 0.161 e. The molecule has 13 heavy (non-hydrogen) atoms. The van der Waals surface area contributed by atoms with Crippen molar-refractivity contribution in [3.05, 3.63) is 36.0 Å². The van der Waals surface area contributed by atoms with Gasteiger partial charge < -0.3 is 4.98 Å². The van der Waals surface area contributed by atoms with Crippen molar-refractivity contribution in [2.75, 3.05) is 0 Å². The van der Waals surface area contributed by atoms with E-state index in [-0.39, 0.29) is 13.2 Å². The summed E-state index contributed by atoms with van der Waals surface area (Å²) in [5.41, 5.74) is 1.79. The van der Waals surface area contributed by atoms with E-state index in [9.17, 15) is 4.79 Å². The van der Waals surface area contributed by atoms with E-state index in [1.165, 1.54) is 0 Å². The van der Waals surface area contributed by atoms with Gasteiger partial charge in [0.2, 0.25) is 0 Å². The Balaban J connectivity index is 0.000000845. The molecule has 68 valence electrons. The van der Waals surface area contributed by atoms with Gasteiger partial charge in [0.1, 0.15) is 0 Å². The lowest BCUT2D eigenvalue weighted by Gasteiger charge is -1.90. The molecule has 0 unspecified atom stereocenters. The molecule has 2 rings (SSSR count). The van der Waals surface area contributed by atoms with E-state index in [1.807, 2.05) is 24.3 Å². The highest BCUT2D eigenvalue weighted by Gasteiger charge is 2.05. The molecule has 2 heteroatoms. The van der Waals surface area contributed by atoms with Gasteiger partial charge in [-0.3, -0.25) is 4.79 Å². The number of hydrogen-bond donors (Lipinski definition) is 1. The minimum Gasteiger partial charge on any atom is -0.360 e. The van der Waals surface area contributed by atoms with Gasteiger partial charge in [-0.25, -0.2) is 0 Å². The van der Waals surface area contributed by atoms with E-state index in [0.29, 0.717) is 0 Å². The molecule has 1 aromatic heterocycles. The Kier molecular flexibility index (Phi) is 2.52. The van der Waals surface area contributed by atoms with Crippen LogP contribution in [-0.4, -0.2) is 10.8 Å². The highest BCUT2D eigenvalue weighted by Crippen LogP contribution is 2.17. The predicted octanol–water partition coefficient (Wildman–Crippen LogP) is 3.01. The zero-order chi connectivity index (χ0) is 8.55. The Labute approximate surface area is 77.6 Å². The van der Waals surface area contributed by atoms with Gasteiger partial charge in [0.15, 0.2) is 5.78 Å². The van der Waals surface area contributed by atoms with Crippen LogP contribution in [0.5, 0.6) is 0 Å². The Bertz CT molecular complexity index is 428. The average molecular weight is 175 g/mol. The van der Waals surface area contributed by atoms with E-state index >= 15 is 0 Å². The fourth-order valence-corrected chi connectivity index (χ4v) is 1.36. The summed E-state index contributed by atoms with van der Waals surface area (Å²) in [4.78, 5) is 14.1. The number of carbonyl (C=O) groups excluding carboxylic acids is 1. The molecule has 0 atom stereocenters. The number of nitrogens with one attached hydrogen (secondary N) is 1. The van der Waals surface area contributed by atoms with E-state index in [0.717, 1.165) is 16.5 Å². The smallest absolute Gasteiger partial charge is 0.161 e. The van der Waals surface area contributed by atoms with Crippen molar-refractivity contribution in [3.63, 3.8) is 0 Å². The van der Waals surface area contributed by atoms with Crippen molar-refractivity contribution < 1.29 is 4.79 Å². The van der Waals surface area contributed by atoms with Crippen LogP contribution in [-0.2, 0) is 0 Å². The van der Waals surface area contributed by atoms with Crippen LogP contribution in [0, 0.1) is 0 Å². The molecule has 0 saturated heterocycles. The van der Waals surface area contributed by atoms with Crippen LogP contribution in [0.15, 0.2) is 30.5 Å². The first-order valence-electron chi connectivity index (χ1n) is 3.86. The number of rotatable bonds is 1. The van der Waals surface area contributed by atoms with Gasteiger partial charge in [0.25, 0.3) is 0 Å². The van der Waals surface area contributed by atoms with E-state index in [4.69, 9.17) is 0 Å². The molecule has 0 spiro atoms. The van der Waals surface area contributed by atoms with Crippen LogP contribution < -0.4 is 0 Å². The second kappa shape index (κ2) is 3.44. The van der Waals surface area contributed by atoms with Crippen molar-refractivity contribution in [2.45, 2.75) is 14.4 Å². The lowest BCUT2D eigenvalue weighted by Crippen LogP contribution is -1.87. The maximum atomic E-state index is 11.1. The Morgan fingerprint density at radius 2 is 2.00 bits per heavy atom.